The van der Waals surface area contributed by atoms with Crippen LogP contribution in [0.4, 0.5) is 8.78 Å². The van der Waals surface area contributed by atoms with Gasteiger partial charge in [0.1, 0.15) is 0 Å². The van der Waals surface area contributed by atoms with E-state index in [9.17, 15) is 13.6 Å². The van der Waals surface area contributed by atoms with Gasteiger partial charge in [-0.25, -0.2) is 13.6 Å². The van der Waals surface area contributed by atoms with Crippen LogP contribution in [0.5, 0.6) is 0 Å². The molecule has 0 fully saturated rings. The first-order chi connectivity index (χ1) is 6.49. The smallest absolute Gasteiger partial charge is 0.211 e. The van der Waals surface area contributed by atoms with Crippen molar-refractivity contribution in [2.75, 3.05) is 0 Å². The Bertz CT molecular complexity index is 395. The SMILES string of the molecule is CC(C)(N=C=O)c1cccc(F)c1F. The number of hydrogen-bond donors (Lipinski definition) is 0. The van der Waals surface area contributed by atoms with Crippen LogP contribution in [0.25, 0.3) is 0 Å². The molecule has 0 aliphatic heterocycles. The maximum Gasteiger partial charge on any atom is 0.235 e. The van der Waals surface area contributed by atoms with Gasteiger partial charge in [-0.1, -0.05) is 12.1 Å². The highest BCUT2D eigenvalue weighted by Crippen LogP contribution is 2.27. The van der Waals surface area contributed by atoms with Crippen molar-refractivity contribution in [1.82, 2.24) is 0 Å². The zero-order valence-corrected chi connectivity index (χ0v) is 7.84. The van der Waals surface area contributed by atoms with E-state index in [0.29, 0.717) is 0 Å². The lowest BCUT2D eigenvalue weighted by atomic mass is 9.94. The van der Waals surface area contributed by atoms with E-state index in [1.54, 1.807) is 0 Å². The third-order valence-corrected chi connectivity index (χ3v) is 1.94. The van der Waals surface area contributed by atoms with Crippen LogP contribution in [0.15, 0.2) is 23.2 Å². The van der Waals surface area contributed by atoms with Gasteiger partial charge in [0.05, 0.1) is 5.54 Å². The minimum absolute atomic E-state index is 0.0425. The Morgan fingerprint density at radius 1 is 1.36 bits per heavy atom. The largest absolute Gasteiger partial charge is 0.235 e. The summed E-state index contributed by atoms with van der Waals surface area (Å²) in [5, 5.41) is 0. The number of nitrogens with zero attached hydrogens (tertiary/aromatic N) is 1. The molecule has 0 heterocycles. The van der Waals surface area contributed by atoms with E-state index in [1.165, 1.54) is 32.1 Å². The number of benzene rings is 1. The number of rotatable bonds is 2. The highest BCUT2D eigenvalue weighted by molar-refractivity contribution is 5.37. The van der Waals surface area contributed by atoms with E-state index in [1.807, 2.05) is 0 Å². The molecule has 1 aromatic rings. The molecule has 0 aliphatic rings. The zero-order chi connectivity index (χ0) is 10.8. The van der Waals surface area contributed by atoms with Crippen LogP contribution in [0.3, 0.4) is 0 Å². The van der Waals surface area contributed by atoms with Crippen molar-refractivity contribution >= 4 is 6.08 Å². The first-order valence-corrected chi connectivity index (χ1v) is 4.02. The average molecular weight is 197 g/mol. The topological polar surface area (TPSA) is 29.4 Å². The van der Waals surface area contributed by atoms with Crippen LogP contribution in [-0.4, -0.2) is 6.08 Å². The zero-order valence-electron chi connectivity index (χ0n) is 7.84. The second-order valence-electron chi connectivity index (χ2n) is 3.36. The van der Waals surface area contributed by atoms with Gasteiger partial charge in [-0.2, -0.15) is 4.99 Å². The summed E-state index contributed by atoms with van der Waals surface area (Å²) >= 11 is 0. The molecular weight excluding hydrogens is 188 g/mol. The quantitative estimate of drug-likeness (QED) is 0.529. The van der Waals surface area contributed by atoms with Gasteiger partial charge in [-0.3, -0.25) is 0 Å². The van der Waals surface area contributed by atoms with E-state index in [2.05, 4.69) is 4.99 Å². The lowest BCUT2D eigenvalue weighted by Crippen LogP contribution is -2.16. The second kappa shape index (κ2) is 3.68. The van der Waals surface area contributed by atoms with Crippen molar-refractivity contribution in [3.63, 3.8) is 0 Å². The summed E-state index contributed by atoms with van der Waals surface area (Å²) in [5.41, 5.74) is -1.05. The third kappa shape index (κ3) is 1.86. The van der Waals surface area contributed by atoms with E-state index in [-0.39, 0.29) is 5.56 Å². The molecule has 0 saturated carbocycles. The van der Waals surface area contributed by atoms with Gasteiger partial charge in [-0.05, 0) is 19.9 Å². The molecule has 0 aromatic heterocycles. The minimum Gasteiger partial charge on any atom is -0.211 e. The Kier molecular flexibility index (Phi) is 2.77. The molecule has 0 amide bonds. The van der Waals surface area contributed by atoms with Gasteiger partial charge in [0.15, 0.2) is 11.6 Å². The van der Waals surface area contributed by atoms with Gasteiger partial charge in [0.2, 0.25) is 6.08 Å². The molecule has 1 aromatic carbocycles. The van der Waals surface area contributed by atoms with Crippen LogP contribution < -0.4 is 0 Å². The summed E-state index contributed by atoms with van der Waals surface area (Å²) in [4.78, 5) is 13.5. The van der Waals surface area contributed by atoms with Gasteiger partial charge < -0.3 is 0 Å². The molecule has 0 spiro atoms. The summed E-state index contributed by atoms with van der Waals surface area (Å²) in [7, 11) is 0. The normalized spacial score (nSPS) is 10.9. The van der Waals surface area contributed by atoms with Crippen molar-refractivity contribution in [3.05, 3.63) is 35.4 Å². The minimum atomic E-state index is -1.09. The molecule has 0 atom stereocenters. The summed E-state index contributed by atoms with van der Waals surface area (Å²) in [5.74, 6) is -1.92. The van der Waals surface area contributed by atoms with Crippen LogP contribution in [0.2, 0.25) is 0 Å². The van der Waals surface area contributed by atoms with E-state index in [4.69, 9.17) is 0 Å². The third-order valence-electron chi connectivity index (χ3n) is 1.94. The number of halogens is 2. The molecule has 0 radical (unpaired) electrons. The second-order valence-corrected chi connectivity index (χ2v) is 3.36. The first-order valence-electron chi connectivity index (χ1n) is 4.02. The molecule has 0 saturated heterocycles. The summed E-state index contributed by atoms with van der Waals surface area (Å²) in [6, 6.07) is 3.77. The Hall–Kier alpha value is -1.54. The summed E-state index contributed by atoms with van der Waals surface area (Å²) in [6.07, 6.45) is 1.34. The van der Waals surface area contributed by atoms with E-state index < -0.39 is 17.2 Å². The van der Waals surface area contributed by atoms with Crippen LogP contribution in [0, 0.1) is 11.6 Å². The predicted molar refractivity (Wildman–Crippen MR) is 47.5 cm³/mol. The lowest BCUT2D eigenvalue weighted by Gasteiger charge is -2.18. The fourth-order valence-electron chi connectivity index (χ4n) is 1.15. The van der Waals surface area contributed by atoms with E-state index >= 15 is 0 Å². The predicted octanol–water partition coefficient (Wildman–Crippen LogP) is 2.54. The van der Waals surface area contributed by atoms with Gasteiger partial charge in [0, 0.05) is 5.56 Å². The molecule has 1 rings (SSSR count). The molecular formula is C10H9F2NO. The molecule has 0 bridgehead atoms. The van der Waals surface area contributed by atoms with Crippen molar-refractivity contribution in [2.24, 2.45) is 4.99 Å². The molecule has 0 N–H and O–H groups in total. The summed E-state index contributed by atoms with van der Waals surface area (Å²) in [6.45, 7) is 3.02. The lowest BCUT2D eigenvalue weighted by molar-refractivity contribution is 0.453. The molecule has 4 heteroatoms. The van der Waals surface area contributed by atoms with E-state index in [0.717, 1.165) is 6.07 Å². The monoisotopic (exact) mass is 197 g/mol. The molecule has 2 nitrogen and oxygen atoms in total. The number of isocyanates is 1. The molecule has 14 heavy (non-hydrogen) atoms. The highest BCUT2D eigenvalue weighted by atomic mass is 19.2. The maximum absolute atomic E-state index is 13.3. The van der Waals surface area contributed by atoms with Crippen LogP contribution >= 0.6 is 0 Å². The molecule has 0 unspecified atom stereocenters. The average Bonchev–Trinajstić information content (AvgIpc) is 2.09. The number of aliphatic imine (C=N–C) groups is 1. The van der Waals surface area contributed by atoms with Gasteiger partial charge in [0.25, 0.3) is 0 Å². The van der Waals surface area contributed by atoms with Gasteiger partial charge >= 0.3 is 0 Å². The number of hydrogen-bond acceptors (Lipinski definition) is 2. The maximum atomic E-state index is 13.3. The molecule has 74 valence electrons. The fourth-order valence-corrected chi connectivity index (χ4v) is 1.15. The summed E-state index contributed by atoms with van der Waals surface area (Å²) < 4.78 is 26.1. The Balaban J connectivity index is 3.32. The standard InChI is InChI=1S/C10H9F2NO/c1-10(2,13-6-14)7-4-3-5-8(11)9(7)12/h3-5H,1-2H3. The van der Waals surface area contributed by atoms with Crippen molar-refractivity contribution in [2.45, 2.75) is 19.4 Å². The van der Waals surface area contributed by atoms with Crippen molar-refractivity contribution < 1.29 is 13.6 Å². The fraction of sp³-hybridized carbons (Fsp3) is 0.300. The highest BCUT2D eigenvalue weighted by Gasteiger charge is 2.24. The van der Waals surface area contributed by atoms with Crippen molar-refractivity contribution in [1.29, 1.82) is 0 Å². The number of carbonyl (C=O) groups excluding carboxylic acids is 1. The Morgan fingerprint density at radius 3 is 2.57 bits per heavy atom. The van der Waals surface area contributed by atoms with Gasteiger partial charge in [-0.15, -0.1) is 0 Å². The first kappa shape index (κ1) is 10.5. The van der Waals surface area contributed by atoms with Crippen molar-refractivity contribution in [3.8, 4) is 0 Å². The Labute approximate surface area is 80.3 Å². The molecule has 0 aliphatic carbocycles. The van der Waals surface area contributed by atoms with Crippen LogP contribution in [0.1, 0.15) is 19.4 Å². The van der Waals surface area contributed by atoms with Crippen LogP contribution in [-0.2, 0) is 10.3 Å². The Morgan fingerprint density at radius 2 is 2.00 bits per heavy atom.